The molecular weight excluding hydrogens is 418 g/mol. The fourth-order valence-corrected chi connectivity index (χ4v) is 4.82. The van der Waals surface area contributed by atoms with Gasteiger partial charge in [-0.2, -0.15) is 0 Å². The molecule has 162 valence electrons. The zero-order chi connectivity index (χ0) is 22.4. The molecule has 0 aliphatic carbocycles. The summed E-state index contributed by atoms with van der Waals surface area (Å²) >= 11 is 6.30. The van der Waals surface area contributed by atoms with Crippen LogP contribution in [0.2, 0.25) is 5.02 Å². The third-order valence-corrected chi connectivity index (χ3v) is 6.82. The number of aromatic amines is 1. The van der Waals surface area contributed by atoms with E-state index >= 15 is 0 Å². The Morgan fingerprint density at radius 2 is 1.84 bits per heavy atom. The van der Waals surface area contributed by atoms with E-state index in [1.165, 1.54) is 11.1 Å². The number of anilines is 1. The molecular formula is C27H26ClN3O. The van der Waals surface area contributed by atoms with Crippen molar-refractivity contribution in [3.63, 3.8) is 0 Å². The molecule has 2 amide bonds. The van der Waals surface area contributed by atoms with Crippen LogP contribution >= 0.6 is 11.6 Å². The van der Waals surface area contributed by atoms with Crippen molar-refractivity contribution in [1.82, 2.24) is 9.88 Å². The summed E-state index contributed by atoms with van der Waals surface area (Å²) in [5, 5.41) is 5.02. The molecule has 0 bridgehead atoms. The number of fused-ring (bicyclic) bond motifs is 3. The monoisotopic (exact) mass is 443 g/mol. The number of hydrogen-bond donors (Lipinski definition) is 2. The van der Waals surface area contributed by atoms with Gasteiger partial charge in [-0.3, -0.25) is 0 Å². The standard InChI is InChI=1S/C27H26ClN3O/c1-16-7-9-19(10-8-16)26-25-21(22-15-20(28)11-12-24(22)29-25)13-14-31(26)27(32)30-23-6-4-5-17(2)18(23)3/h4-12,15,26,29H,13-14H2,1-3H3,(H,30,32)/t26-/m1/s1. The van der Waals surface area contributed by atoms with E-state index < -0.39 is 0 Å². The molecule has 2 heterocycles. The quantitative estimate of drug-likeness (QED) is 0.347. The first-order chi connectivity index (χ1) is 15.4. The minimum atomic E-state index is -0.198. The summed E-state index contributed by atoms with van der Waals surface area (Å²) in [6.07, 6.45) is 0.776. The Morgan fingerprint density at radius 1 is 1.06 bits per heavy atom. The number of urea groups is 1. The first-order valence-electron chi connectivity index (χ1n) is 10.9. The highest BCUT2D eigenvalue weighted by Crippen LogP contribution is 2.39. The Labute approximate surface area is 193 Å². The molecule has 1 aliphatic heterocycles. The number of aromatic nitrogens is 1. The van der Waals surface area contributed by atoms with Gasteiger partial charge in [0.2, 0.25) is 0 Å². The highest BCUT2D eigenvalue weighted by atomic mass is 35.5. The number of carbonyl (C=O) groups excluding carboxylic acids is 1. The van der Waals surface area contributed by atoms with Gasteiger partial charge in [0.1, 0.15) is 0 Å². The Morgan fingerprint density at radius 3 is 2.62 bits per heavy atom. The molecule has 1 aliphatic rings. The number of amides is 2. The molecule has 0 spiro atoms. The minimum absolute atomic E-state index is 0.0911. The summed E-state index contributed by atoms with van der Waals surface area (Å²) in [7, 11) is 0. The van der Waals surface area contributed by atoms with E-state index in [2.05, 4.69) is 54.5 Å². The zero-order valence-electron chi connectivity index (χ0n) is 18.5. The molecule has 0 fully saturated rings. The summed E-state index contributed by atoms with van der Waals surface area (Å²) in [5.41, 5.74) is 8.74. The van der Waals surface area contributed by atoms with E-state index in [1.54, 1.807) is 0 Å². The van der Waals surface area contributed by atoms with Gasteiger partial charge in [0.05, 0.1) is 6.04 Å². The molecule has 1 aromatic heterocycles. The number of hydrogen-bond acceptors (Lipinski definition) is 1. The molecule has 0 radical (unpaired) electrons. The molecule has 3 aromatic carbocycles. The van der Waals surface area contributed by atoms with E-state index in [9.17, 15) is 4.79 Å². The predicted molar refractivity (Wildman–Crippen MR) is 132 cm³/mol. The number of halogens is 1. The zero-order valence-corrected chi connectivity index (χ0v) is 19.3. The second-order valence-electron chi connectivity index (χ2n) is 8.64. The van der Waals surface area contributed by atoms with E-state index in [1.807, 2.05) is 42.2 Å². The van der Waals surface area contributed by atoms with E-state index in [-0.39, 0.29) is 12.1 Å². The van der Waals surface area contributed by atoms with Crippen molar-refractivity contribution in [2.75, 3.05) is 11.9 Å². The van der Waals surface area contributed by atoms with Gasteiger partial charge >= 0.3 is 6.03 Å². The molecule has 4 aromatic rings. The van der Waals surface area contributed by atoms with Crippen molar-refractivity contribution in [2.24, 2.45) is 0 Å². The van der Waals surface area contributed by atoms with Crippen LogP contribution in [0.5, 0.6) is 0 Å². The van der Waals surface area contributed by atoms with E-state index in [0.717, 1.165) is 50.4 Å². The van der Waals surface area contributed by atoms with Crippen molar-refractivity contribution in [3.8, 4) is 0 Å². The van der Waals surface area contributed by atoms with Gasteiger partial charge < -0.3 is 15.2 Å². The maximum absolute atomic E-state index is 13.5. The van der Waals surface area contributed by atoms with Gasteiger partial charge in [-0.25, -0.2) is 4.79 Å². The van der Waals surface area contributed by atoms with Crippen LogP contribution in [-0.2, 0) is 6.42 Å². The van der Waals surface area contributed by atoms with Crippen LogP contribution in [0.3, 0.4) is 0 Å². The third-order valence-electron chi connectivity index (χ3n) is 6.59. The molecule has 0 saturated heterocycles. The minimum Gasteiger partial charge on any atom is -0.356 e. The van der Waals surface area contributed by atoms with Gasteiger partial charge in [0.25, 0.3) is 0 Å². The van der Waals surface area contributed by atoms with Crippen molar-refractivity contribution >= 4 is 34.2 Å². The summed E-state index contributed by atoms with van der Waals surface area (Å²) in [4.78, 5) is 19.1. The van der Waals surface area contributed by atoms with Crippen LogP contribution in [0, 0.1) is 20.8 Å². The number of nitrogens with zero attached hydrogens (tertiary/aromatic N) is 1. The average molecular weight is 444 g/mol. The maximum atomic E-state index is 13.5. The van der Waals surface area contributed by atoms with Gasteiger partial charge in [-0.1, -0.05) is 53.6 Å². The van der Waals surface area contributed by atoms with Crippen LogP contribution in [0.15, 0.2) is 60.7 Å². The first-order valence-corrected chi connectivity index (χ1v) is 11.3. The van der Waals surface area contributed by atoms with Crippen LogP contribution < -0.4 is 5.32 Å². The van der Waals surface area contributed by atoms with Crippen LogP contribution in [0.1, 0.15) is 39.6 Å². The molecule has 5 rings (SSSR count). The second-order valence-corrected chi connectivity index (χ2v) is 9.08. The normalized spacial score (nSPS) is 15.6. The number of nitrogens with one attached hydrogen (secondary N) is 2. The molecule has 0 saturated carbocycles. The fourth-order valence-electron chi connectivity index (χ4n) is 4.65. The van der Waals surface area contributed by atoms with Crippen LogP contribution in [0.4, 0.5) is 10.5 Å². The van der Waals surface area contributed by atoms with Crippen molar-refractivity contribution in [3.05, 3.63) is 99.2 Å². The van der Waals surface area contributed by atoms with Crippen LogP contribution in [0.25, 0.3) is 10.9 Å². The topological polar surface area (TPSA) is 48.1 Å². The maximum Gasteiger partial charge on any atom is 0.322 e. The molecule has 4 nitrogen and oxygen atoms in total. The Kier molecular flexibility index (Phi) is 5.18. The highest BCUT2D eigenvalue weighted by molar-refractivity contribution is 6.31. The lowest BCUT2D eigenvalue weighted by Gasteiger charge is -2.36. The number of rotatable bonds is 2. The van der Waals surface area contributed by atoms with E-state index in [0.29, 0.717) is 6.54 Å². The SMILES string of the molecule is Cc1ccc([C@@H]2c3[nH]c4ccc(Cl)cc4c3CCN2C(=O)Nc2cccc(C)c2C)cc1. The first kappa shape index (κ1) is 20.7. The fraction of sp³-hybridized carbons (Fsp3) is 0.222. The molecule has 32 heavy (non-hydrogen) atoms. The van der Waals surface area contributed by atoms with E-state index in [4.69, 9.17) is 11.6 Å². The third kappa shape index (κ3) is 3.55. The lowest BCUT2D eigenvalue weighted by atomic mass is 9.92. The number of aryl methyl sites for hydroxylation is 2. The molecule has 1 atom stereocenters. The Hall–Kier alpha value is -3.24. The van der Waals surface area contributed by atoms with Gasteiger partial charge in [0, 0.05) is 33.9 Å². The smallest absolute Gasteiger partial charge is 0.322 e. The highest BCUT2D eigenvalue weighted by Gasteiger charge is 2.34. The Bertz CT molecular complexity index is 1320. The molecule has 5 heteroatoms. The lowest BCUT2D eigenvalue weighted by Crippen LogP contribution is -2.43. The molecule has 0 unspecified atom stereocenters. The summed E-state index contributed by atoms with van der Waals surface area (Å²) in [6.45, 7) is 6.80. The average Bonchev–Trinajstić information content (AvgIpc) is 3.15. The predicted octanol–water partition coefficient (Wildman–Crippen LogP) is 6.93. The van der Waals surface area contributed by atoms with Gasteiger partial charge in [0.15, 0.2) is 0 Å². The van der Waals surface area contributed by atoms with Gasteiger partial charge in [-0.05, 0) is 73.7 Å². The lowest BCUT2D eigenvalue weighted by molar-refractivity contribution is 0.193. The van der Waals surface area contributed by atoms with Crippen molar-refractivity contribution in [1.29, 1.82) is 0 Å². The summed E-state index contributed by atoms with van der Waals surface area (Å²) < 4.78 is 0. The molecule has 2 N–H and O–H groups in total. The van der Waals surface area contributed by atoms with Crippen molar-refractivity contribution < 1.29 is 4.79 Å². The number of H-pyrrole nitrogens is 1. The van der Waals surface area contributed by atoms with Crippen molar-refractivity contribution in [2.45, 2.75) is 33.2 Å². The Balaban J connectivity index is 1.59. The number of carbonyl (C=O) groups is 1. The second kappa shape index (κ2) is 8.03. The summed E-state index contributed by atoms with van der Waals surface area (Å²) in [6, 6.07) is 20.1. The largest absolute Gasteiger partial charge is 0.356 e. The van der Waals surface area contributed by atoms with Gasteiger partial charge in [-0.15, -0.1) is 0 Å². The number of benzene rings is 3. The van der Waals surface area contributed by atoms with Crippen LogP contribution in [-0.4, -0.2) is 22.5 Å². The summed E-state index contributed by atoms with van der Waals surface area (Å²) in [5.74, 6) is 0.